The lowest BCUT2D eigenvalue weighted by atomic mass is 10.1. The minimum atomic E-state index is -1.10. The summed E-state index contributed by atoms with van der Waals surface area (Å²) < 4.78 is 1.01. The number of carbonyl (C=O) groups excluding carboxylic acids is 1. The van der Waals surface area contributed by atoms with E-state index in [4.69, 9.17) is 11.6 Å². The Morgan fingerprint density at radius 2 is 1.85 bits per heavy atom. The molecule has 4 nitrogen and oxygen atoms in total. The number of carbonyl (C=O) groups is 2. The molecule has 0 aliphatic carbocycles. The van der Waals surface area contributed by atoms with Gasteiger partial charge in [0.2, 0.25) is 0 Å². The molecule has 4 rings (SSSR count). The number of thiophene rings is 2. The highest BCUT2D eigenvalue weighted by atomic mass is 35.5. The van der Waals surface area contributed by atoms with E-state index in [0.717, 1.165) is 10.1 Å². The molecule has 0 saturated heterocycles. The average molecular weight is 414 g/mol. The normalized spacial score (nSPS) is 10.9. The summed E-state index contributed by atoms with van der Waals surface area (Å²) in [5.74, 6) is -1.42. The highest BCUT2D eigenvalue weighted by Gasteiger charge is 2.22. The molecule has 0 atom stereocenters. The summed E-state index contributed by atoms with van der Waals surface area (Å²) in [5.41, 5.74) is 1.05. The Labute approximate surface area is 167 Å². The van der Waals surface area contributed by atoms with Crippen molar-refractivity contribution < 1.29 is 14.7 Å². The van der Waals surface area contributed by atoms with E-state index in [-0.39, 0.29) is 17.2 Å². The quantitative estimate of drug-likeness (QED) is 0.416. The average Bonchev–Trinajstić information content (AvgIpc) is 3.25. The van der Waals surface area contributed by atoms with E-state index in [1.807, 2.05) is 24.3 Å². The fraction of sp³-hybridized carbons (Fsp3) is 0. The van der Waals surface area contributed by atoms with Crippen LogP contribution in [0.3, 0.4) is 0 Å². The van der Waals surface area contributed by atoms with Gasteiger partial charge >= 0.3 is 5.97 Å². The van der Waals surface area contributed by atoms with Crippen LogP contribution in [0.2, 0.25) is 5.02 Å². The summed E-state index contributed by atoms with van der Waals surface area (Å²) in [6.45, 7) is 0. The lowest BCUT2D eigenvalue weighted by Gasteiger charge is -2.05. The zero-order chi connectivity index (χ0) is 19.0. The first-order valence-electron chi connectivity index (χ1n) is 7.93. The van der Waals surface area contributed by atoms with Crippen LogP contribution in [0.25, 0.3) is 20.5 Å². The molecule has 4 aromatic rings. The lowest BCUT2D eigenvalue weighted by Crippen LogP contribution is -2.12. The zero-order valence-electron chi connectivity index (χ0n) is 13.7. The highest BCUT2D eigenvalue weighted by Crippen LogP contribution is 2.37. The van der Waals surface area contributed by atoms with Gasteiger partial charge in [0, 0.05) is 15.1 Å². The summed E-state index contributed by atoms with van der Waals surface area (Å²) in [6.07, 6.45) is 0. The second kappa shape index (κ2) is 7.15. The van der Waals surface area contributed by atoms with Gasteiger partial charge in [-0.1, -0.05) is 41.9 Å². The van der Waals surface area contributed by atoms with Crippen LogP contribution < -0.4 is 5.32 Å². The summed E-state index contributed by atoms with van der Waals surface area (Å²) in [6, 6.07) is 16.5. The number of hydrogen-bond donors (Lipinski definition) is 2. The Bertz CT molecular complexity index is 1150. The van der Waals surface area contributed by atoms with E-state index in [1.165, 1.54) is 22.7 Å². The largest absolute Gasteiger partial charge is 0.478 e. The maximum Gasteiger partial charge on any atom is 0.339 e. The van der Waals surface area contributed by atoms with E-state index in [1.54, 1.807) is 35.7 Å². The van der Waals surface area contributed by atoms with Gasteiger partial charge in [0.05, 0.1) is 15.4 Å². The summed E-state index contributed by atoms with van der Waals surface area (Å²) in [7, 11) is 0. The molecule has 0 spiro atoms. The number of carboxylic acids is 1. The van der Waals surface area contributed by atoms with Crippen LogP contribution in [0.1, 0.15) is 20.0 Å². The van der Waals surface area contributed by atoms with Gasteiger partial charge in [-0.15, -0.1) is 22.7 Å². The molecule has 7 heteroatoms. The molecule has 2 aromatic carbocycles. The summed E-state index contributed by atoms with van der Waals surface area (Å²) >= 11 is 8.65. The molecule has 0 aliphatic rings. The Hall–Kier alpha value is -2.67. The monoisotopic (exact) mass is 413 g/mol. The summed E-state index contributed by atoms with van der Waals surface area (Å²) in [5, 5.41) is 15.6. The first kappa shape index (κ1) is 17.7. The fourth-order valence-corrected chi connectivity index (χ4v) is 4.92. The topological polar surface area (TPSA) is 66.4 Å². The van der Waals surface area contributed by atoms with Crippen LogP contribution in [0.15, 0.2) is 60.0 Å². The van der Waals surface area contributed by atoms with Crippen molar-refractivity contribution in [2.75, 3.05) is 5.32 Å². The molecule has 0 saturated carbocycles. The third kappa shape index (κ3) is 3.47. The minimum absolute atomic E-state index is 0.0664. The number of hydrogen-bond acceptors (Lipinski definition) is 4. The number of aromatic carboxylic acids is 1. The van der Waals surface area contributed by atoms with Crippen LogP contribution >= 0.6 is 34.3 Å². The number of amides is 1. The molecule has 2 heterocycles. The van der Waals surface area contributed by atoms with Crippen molar-refractivity contribution in [2.24, 2.45) is 0 Å². The van der Waals surface area contributed by atoms with E-state index in [2.05, 4.69) is 5.32 Å². The highest BCUT2D eigenvalue weighted by molar-refractivity contribution is 7.21. The number of anilines is 1. The maximum absolute atomic E-state index is 12.6. The Kier molecular flexibility index (Phi) is 4.70. The van der Waals surface area contributed by atoms with Crippen molar-refractivity contribution in [3.05, 3.63) is 75.4 Å². The lowest BCUT2D eigenvalue weighted by molar-refractivity contribution is 0.0699. The van der Waals surface area contributed by atoms with Gasteiger partial charge < -0.3 is 10.4 Å². The molecule has 0 aliphatic heterocycles. The number of fused-ring (bicyclic) bond motifs is 1. The van der Waals surface area contributed by atoms with E-state index in [9.17, 15) is 14.7 Å². The Morgan fingerprint density at radius 1 is 1.04 bits per heavy atom. The van der Waals surface area contributed by atoms with Gasteiger partial charge in [0.15, 0.2) is 0 Å². The molecule has 0 fully saturated rings. The van der Waals surface area contributed by atoms with Crippen molar-refractivity contribution in [1.82, 2.24) is 0 Å². The Balaban J connectivity index is 1.69. The Morgan fingerprint density at radius 3 is 2.59 bits per heavy atom. The predicted octanol–water partition coefficient (Wildman–Crippen LogP) is 6.23. The van der Waals surface area contributed by atoms with Crippen molar-refractivity contribution in [2.45, 2.75) is 0 Å². The van der Waals surface area contributed by atoms with Crippen molar-refractivity contribution >= 4 is 61.9 Å². The molecule has 0 radical (unpaired) electrons. The summed E-state index contributed by atoms with van der Waals surface area (Å²) in [4.78, 5) is 25.6. The fourth-order valence-electron chi connectivity index (χ4n) is 2.78. The van der Waals surface area contributed by atoms with E-state index in [0.29, 0.717) is 20.3 Å². The maximum atomic E-state index is 12.6. The second-order valence-corrected chi connectivity index (χ2v) is 8.17. The van der Waals surface area contributed by atoms with Gasteiger partial charge in [-0.25, -0.2) is 4.79 Å². The molecule has 2 aromatic heterocycles. The third-order valence-corrected chi connectivity index (χ3v) is 6.37. The third-order valence-electron chi connectivity index (χ3n) is 3.99. The number of halogens is 1. The smallest absolute Gasteiger partial charge is 0.339 e. The number of benzene rings is 2. The molecule has 0 unspecified atom stereocenters. The van der Waals surface area contributed by atoms with E-state index < -0.39 is 5.97 Å². The first-order valence-corrected chi connectivity index (χ1v) is 10.0. The molecule has 2 N–H and O–H groups in total. The van der Waals surface area contributed by atoms with E-state index >= 15 is 0 Å². The van der Waals surface area contributed by atoms with Crippen LogP contribution in [-0.2, 0) is 0 Å². The van der Waals surface area contributed by atoms with Crippen LogP contribution in [0, 0.1) is 0 Å². The van der Waals surface area contributed by atoms with Gasteiger partial charge in [-0.2, -0.15) is 0 Å². The number of carboxylic acid groups (broad SMARTS) is 1. The molecular formula is C20H12ClNO3S2. The van der Waals surface area contributed by atoms with Gasteiger partial charge in [-0.3, -0.25) is 4.79 Å². The van der Waals surface area contributed by atoms with Gasteiger partial charge in [0.1, 0.15) is 5.56 Å². The molecular weight excluding hydrogens is 402 g/mol. The van der Waals surface area contributed by atoms with Crippen molar-refractivity contribution in [3.63, 3.8) is 0 Å². The van der Waals surface area contributed by atoms with Crippen LogP contribution in [-0.4, -0.2) is 17.0 Å². The first-order chi connectivity index (χ1) is 13.0. The van der Waals surface area contributed by atoms with Crippen molar-refractivity contribution in [1.29, 1.82) is 0 Å². The molecule has 27 heavy (non-hydrogen) atoms. The number of nitrogens with one attached hydrogen (secondary N) is 1. The van der Waals surface area contributed by atoms with Crippen LogP contribution in [0.4, 0.5) is 5.69 Å². The predicted molar refractivity (Wildman–Crippen MR) is 112 cm³/mol. The minimum Gasteiger partial charge on any atom is -0.478 e. The molecule has 134 valence electrons. The second-order valence-electron chi connectivity index (χ2n) is 5.77. The standard InChI is InChI=1S/C20H12ClNO3S2/c21-13-6-3-5-12(8-13)18-17(20(24)25)14(10-26-18)22-19(23)16-9-11-4-1-2-7-15(11)27-16/h1-10H,(H,22,23)(H,24,25). The number of rotatable bonds is 4. The molecule has 1 amide bonds. The van der Waals surface area contributed by atoms with Crippen LogP contribution in [0.5, 0.6) is 0 Å². The van der Waals surface area contributed by atoms with Crippen molar-refractivity contribution in [3.8, 4) is 10.4 Å². The van der Waals surface area contributed by atoms with Gasteiger partial charge in [-0.05, 0) is 35.2 Å². The molecule has 0 bridgehead atoms. The zero-order valence-corrected chi connectivity index (χ0v) is 16.1. The van der Waals surface area contributed by atoms with Gasteiger partial charge in [0.25, 0.3) is 5.91 Å². The SMILES string of the molecule is O=C(Nc1csc(-c2cccc(Cl)c2)c1C(=O)O)c1cc2ccccc2s1.